The molecule has 0 bridgehead atoms. The van der Waals surface area contributed by atoms with Gasteiger partial charge in [0, 0.05) is 12.1 Å². The molecular formula is C15H13N5O4. The number of non-ortho nitro benzene ring substituents is 1. The molecular weight excluding hydrogens is 314 g/mol. The number of carbonyl (C=O) groups excluding carboxylic acids is 1. The molecule has 3 rings (SSSR count). The van der Waals surface area contributed by atoms with Gasteiger partial charge in [-0.15, -0.1) is 5.10 Å². The lowest BCUT2D eigenvalue weighted by atomic mass is 10.1. The quantitative estimate of drug-likeness (QED) is 0.581. The lowest BCUT2D eigenvalue weighted by molar-refractivity contribution is -0.384. The van der Waals surface area contributed by atoms with Crippen LogP contribution in [0.5, 0.6) is 0 Å². The minimum absolute atomic E-state index is 0.0426. The molecule has 0 radical (unpaired) electrons. The largest absolute Gasteiger partial charge is 0.453 e. The van der Waals surface area contributed by atoms with Crippen LogP contribution >= 0.6 is 0 Å². The lowest BCUT2D eigenvalue weighted by Crippen LogP contribution is -2.33. The van der Waals surface area contributed by atoms with E-state index in [1.807, 2.05) is 18.2 Å². The third-order valence-corrected chi connectivity index (χ3v) is 3.48. The molecule has 1 amide bonds. The molecule has 122 valence electrons. The van der Waals surface area contributed by atoms with Gasteiger partial charge in [-0.3, -0.25) is 15.4 Å². The van der Waals surface area contributed by atoms with Crippen molar-refractivity contribution in [3.8, 4) is 0 Å². The van der Waals surface area contributed by atoms with E-state index in [2.05, 4.69) is 20.4 Å². The van der Waals surface area contributed by atoms with Gasteiger partial charge in [0.05, 0.1) is 17.5 Å². The second-order valence-electron chi connectivity index (χ2n) is 4.91. The number of nitro benzene ring substituents is 1. The molecule has 1 unspecified atom stereocenters. The maximum Gasteiger partial charge on any atom is 0.408 e. The molecule has 0 aliphatic rings. The molecule has 0 saturated heterocycles. The predicted octanol–water partition coefficient (Wildman–Crippen LogP) is 2.24. The molecule has 0 aliphatic carbocycles. The van der Waals surface area contributed by atoms with Gasteiger partial charge in [0.25, 0.3) is 5.69 Å². The molecule has 1 aromatic heterocycles. The van der Waals surface area contributed by atoms with Crippen molar-refractivity contribution in [3.63, 3.8) is 0 Å². The molecule has 1 heterocycles. The van der Waals surface area contributed by atoms with Crippen LogP contribution in [0, 0.1) is 10.1 Å². The summed E-state index contributed by atoms with van der Waals surface area (Å²) in [6.07, 6.45) is -1.37. The molecule has 24 heavy (non-hydrogen) atoms. The molecule has 9 heteroatoms. The number of nitrogens with one attached hydrogen (secondary N) is 1. The van der Waals surface area contributed by atoms with Crippen LogP contribution in [0.1, 0.15) is 11.7 Å². The van der Waals surface area contributed by atoms with E-state index in [0.717, 1.165) is 0 Å². The van der Waals surface area contributed by atoms with Gasteiger partial charge in [-0.05, 0) is 29.8 Å². The van der Waals surface area contributed by atoms with E-state index < -0.39 is 17.2 Å². The number of methoxy groups -OCH3 is 1. The van der Waals surface area contributed by atoms with Gasteiger partial charge in [0.1, 0.15) is 5.52 Å². The summed E-state index contributed by atoms with van der Waals surface area (Å²) < 4.78 is 6.18. The number of hydrogen-bond donors (Lipinski definition) is 1. The summed E-state index contributed by atoms with van der Waals surface area (Å²) in [6.45, 7) is 0. The predicted molar refractivity (Wildman–Crippen MR) is 84.3 cm³/mol. The number of ether oxygens (including phenoxy) is 1. The zero-order chi connectivity index (χ0) is 17.1. The number of nitrogens with zero attached hydrogens (tertiary/aromatic N) is 4. The first kappa shape index (κ1) is 15.4. The second-order valence-corrected chi connectivity index (χ2v) is 4.91. The molecule has 0 spiro atoms. The van der Waals surface area contributed by atoms with Crippen LogP contribution in [0.2, 0.25) is 0 Å². The van der Waals surface area contributed by atoms with E-state index in [0.29, 0.717) is 16.6 Å². The van der Waals surface area contributed by atoms with E-state index in [-0.39, 0.29) is 5.69 Å². The fourth-order valence-corrected chi connectivity index (χ4v) is 2.31. The normalized spacial score (nSPS) is 11.9. The molecule has 2 aromatic carbocycles. The summed E-state index contributed by atoms with van der Waals surface area (Å²) in [5.41, 5.74) is 1.93. The summed E-state index contributed by atoms with van der Waals surface area (Å²) in [4.78, 5) is 22.0. The van der Waals surface area contributed by atoms with Crippen LogP contribution in [0.4, 0.5) is 10.5 Å². The number of aromatic nitrogens is 3. The van der Waals surface area contributed by atoms with Crippen LogP contribution in [-0.4, -0.2) is 33.1 Å². The van der Waals surface area contributed by atoms with E-state index in [9.17, 15) is 14.9 Å². The maximum absolute atomic E-state index is 11.7. The van der Waals surface area contributed by atoms with Crippen LogP contribution in [-0.2, 0) is 4.74 Å². The Balaban J connectivity index is 2.06. The standard InChI is InChI=1S/C15H13N5O4/c1-24-15(21)16-14(10-6-8-11(9-7-10)20(22)23)19-13-5-3-2-4-12(13)17-18-19/h2-9,14H,1H3,(H,16,21). The Hall–Kier alpha value is -3.49. The van der Waals surface area contributed by atoms with Crippen molar-refractivity contribution >= 4 is 22.8 Å². The molecule has 1 N–H and O–H groups in total. The van der Waals surface area contributed by atoms with Gasteiger partial charge in [0.2, 0.25) is 0 Å². The fourth-order valence-electron chi connectivity index (χ4n) is 2.31. The van der Waals surface area contributed by atoms with Crippen molar-refractivity contribution in [2.45, 2.75) is 6.17 Å². The zero-order valence-electron chi connectivity index (χ0n) is 12.6. The monoisotopic (exact) mass is 327 g/mol. The number of hydrogen-bond acceptors (Lipinski definition) is 6. The Kier molecular flexibility index (Phi) is 4.06. The number of nitro groups is 1. The van der Waals surface area contributed by atoms with Gasteiger partial charge < -0.3 is 4.74 Å². The number of benzene rings is 2. The maximum atomic E-state index is 11.7. The first-order valence-electron chi connectivity index (χ1n) is 6.99. The summed E-state index contributed by atoms with van der Waals surface area (Å²) >= 11 is 0. The number of carbonyl (C=O) groups is 1. The van der Waals surface area contributed by atoms with Gasteiger partial charge in [-0.1, -0.05) is 17.3 Å². The Morgan fingerprint density at radius 3 is 2.62 bits per heavy atom. The number of alkyl carbamates (subject to hydrolysis) is 1. The lowest BCUT2D eigenvalue weighted by Gasteiger charge is -2.19. The molecule has 0 saturated carbocycles. The zero-order valence-corrected chi connectivity index (χ0v) is 12.6. The van der Waals surface area contributed by atoms with E-state index >= 15 is 0 Å². The van der Waals surface area contributed by atoms with E-state index in [4.69, 9.17) is 0 Å². The highest BCUT2D eigenvalue weighted by molar-refractivity contribution is 5.75. The Morgan fingerprint density at radius 1 is 1.25 bits per heavy atom. The second kappa shape index (κ2) is 6.32. The number of rotatable bonds is 4. The summed E-state index contributed by atoms with van der Waals surface area (Å²) in [5.74, 6) is 0. The molecule has 0 aliphatic heterocycles. The summed E-state index contributed by atoms with van der Waals surface area (Å²) in [7, 11) is 1.25. The highest BCUT2D eigenvalue weighted by Crippen LogP contribution is 2.22. The smallest absolute Gasteiger partial charge is 0.408 e. The van der Waals surface area contributed by atoms with Gasteiger partial charge in [-0.2, -0.15) is 0 Å². The third-order valence-electron chi connectivity index (χ3n) is 3.48. The van der Waals surface area contributed by atoms with Crippen molar-refractivity contribution in [2.75, 3.05) is 7.11 Å². The van der Waals surface area contributed by atoms with Gasteiger partial charge in [0.15, 0.2) is 6.17 Å². The number of fused-ring (bicyclic) bond motifs is 1. The van der Waals surface area contributed by atoms with Gasteiger partial charge in [-0.25, -0.2) is 9.48 Å². The summed E-state index contributed by atoms with van der Waals surface area (Å²) in [6, 6.07) is 13.1. The fraction of sp³-hybridized carbons (Fsp3) is 0.133. The van der Waals surface area contributed by atoms with Crippen LogP contribution in [0.25, 0.3) is 11.0 Å². The van der Waals surface area contributed by atoms with Crippen molar-refractivity contribution in [3.05, 3.63) is 64.2 Å². The number of para-hydroxylation sites is 1. The highest BCUT2D eigenvalue weighted by atomic mass is 16.6. The van der Waals surface area contributed by atoms with E-state index in [1.54, 1.807) is 18.2 Å². The topological polar surface area (TPSA) is 112 Å². The van der Waals surface area contributed by atoms with Crippen LogP contribution in [0.15, 0.2) is 48.5 Å². The Morgan fingerprint density at radius 2 is 1.96 bits per heavy atom. The SMILES string of the molecule is COC(=O)NC(c1ccc([N+](=O)[O-])cc1)n1nnc2ccccc21. The molecule has 3 aromatic rings. The van der Waals surface area contributed by atoms with E-state index in [1.165, 1.54) is 23.9 Å². The Bertz CT molecular complexity index is 890. The van der Waals surface area contributed by atoms with Crippen molar-refractivity contribution < 1.29 is 14.5 Å². The van der Waals surface area contributed by atoms with Crippen molar-refractivity contribution in [2.24, 2.45) is 0 Å². The Labute approximate surface area is 136 Å². The summed E-state index contributed by atoms with van der Waals surface area (Å²) in [5, 5.41) is 21.6. The first-order chi connectivity index (χ1) is 11.6. The van der Waals surface area contributed by atoms with Crippen molar-refractivity contribution in [1.29, 1.82) is 0 Å². The van der Waals surface area contributed by atoms with Crippen molar-refractivity contribution in [1.82, 2.24) is 20.3 Å². The average Bonchev–Trinajstić information content (AvgIpc) is 3.03. The minimum atomic E-state index is -0.717. The average molecular weight is 327 g/mol. The first-order valence-corrected chi connectivity index (χ1v) is 6.99. The minimum Gasteiger partial charge on any atom is -0.453 e. The van der Waals surface area contributed by atoms with Crippen LogP contribution < -0.4 is 5.32 Å². The molecule has 1 atom stereocenters. The molecule has 0 fully saturated rings. The molecule has 9 nitrogen and oxygen atoms in total. The van der Waals surface area contributed by atoms with Crippen LogP contribution in [0.3, 0.4) is 0 Å². The third kappa shape index (κ3) is 2.86. The number of amides is 1. The highest BCUT2D eigenvalue weighted by Gasteiger charge is 2.21. The van der Waals surface area contributed by atoms with Gasteiger partial charge >= 0.3 is 6.09 Å².